The van der Waals surface area contributed by atoms with Crippen LogP contribution in [0.1, 0.15) is 24.2 Å². The molecule has 132 valence electrons. The molecule has 0 aromatic heterocycles. The standard InChI is InChI=1S/C14H16F2N2O6/c1-3-22-10-6-8(4-5-9(10)24-13(15)16)12(20)23-7(2)11(19)18-14(17)21/h4-7,13H,3H2,1-2H3,(H3,17,18,19,21)/t7-/m0/s1. The lowest BCUT2D eigenvalue weighted by Gasteiger charge is -2.14. The number of nitrogens with two attached hydrogens (primary N) is 1. The quantitative estimate of drug-likeness (QED) is 0.721. The summed E-state index contributed by atoms with van der Waals surface area (Å²) in [5, 5.41) is 1.76. The number of imide groups is 1. The van der Waals surface area contributed by atoms with Gasteiger partial charge < -0.3 is 19.9 Å². The van der Waals surface area contributed by atoms with Gasteiger partial charge in [0.25, 0.3) is 5.91 Å². The van der Waals surface area contributed by atoms with E-state index in [1.54, 1.807) is 12.2 Å². The Bertz CT molecular complexity index is 623. The fourth-order valence-electron chi connectivity index (χ4n) is 1.60. The van der Waals surface area contributed by atoms with Crippen LogP contribution in [0.3, 0.4) is 0 Å². The SMILES string of the molecule is CCOc1cc(C(=O)O[C@@H](C)C(=O)NC(N)=O)ccc1OC(F)F. The maximum Gasteiger partial charge on any atom is 0.387 e. The normalized spacial score (nSPS) is 11.5. The van der Waals surface area contributed by atoms with Crippen molar-refractivity contribution >= 4 is 17.9 Å². The monoisotopic (exact) mass is 346 g/mol. The second-order valence-corrected chi connectivity index (χ2v) is 4.37. The molecule has 0 aliphatic heterocycles. The van der Waals surface area contributed by atoms with E-state index in [1.807, 2.05) is 0 Å². The van der Waals surface area contributed by atoms with Crippen LogP contribution in [0.4, 0.5) is 13.6 Å². The van der Waals surface area contributed by atoms with Crippen LogP contribution in [0.15, 0.2) is 18.2 Å². The molecule has 0 saturated heterocycles. The van der Waals surface area contributed by atoms with Gasteiger partial charge in [0.1, 0.15) is 0 Å². The van der Waals surface area contributed by atoms with E-state index < -0.39 is 30.6 Å². The zero-order chi connectivity index (χ0) is 18.3. The van der Waals surface area contributed by atoms with Crippen LogP contribution in [-0.2, 0) is 9.53 Å². The fourth-order valence-corrected chi connectivity index (χ4v) is 1.60. The van der Waals surface area contributed by atoms with Gasteiger partial charge >= 0.3 is 18.6 Å². The predicted molar refractivity (Wildman–Crippen MR) is 76.8 cm³/mol. The number of benzene rings is 1. The summed E-state index contributed by atoms with van der Waals surface area (Å²) in [5.41, 5.74) is 4.72. The summed E-state index contributed by atoms with van der Waals surface area (Å²) < 4.78 is 38.9. The zero-order valence-corrected chi connectivity index (χ0v) is 12.9. The number of ether oxygens (including phenoxy) is 3. The third-order valence-electron chi connectivity index (χ3n) is 2.59. The highest BCUT2D eigenvalue weighted by molar-refractivity contribution is 5.98. The molecule has 0 fully saturated rings. The van der Waals surface area contributed by atoms with E-state index in [-0.39, 0.29) is 23.7 Å². The van der Waals surface area contributed by atoms with Gasteiger partial charge in [-0.15, -0.1) is 0 Å². The third-order valence-corrected chi connectivity index (χ3v) is 2.59. The Hall–Kier alpha value is -2.91. The van der Waals surface area contributed by atoms with Crippen molar-refractivity contribution in [3.63, 3.8) is 0 Å². The number of nitrogens with one attached hydrogen (secondary N) is 1. The molecular formula is C14H16F2N2O6. The van der Waals surface area contributed by atoms with Crippen molar-refractivity contribution in [3.05, 3.63) is 23.8 Å². The van der Waals surface area contributed by atoms with Gasteiger partial charge in [-0.25, -0.2) is 9.59 Å². The van der Waals surface area contributed by atoms with Crippen molar-refractivity contribution in [2.75, 3.05) is 6.61 Å². The summed E-state index contributed by atoms with van der Waals surface area (Å²) in [6.45, 7) is -0.0592. The molecule has 3 amide bonds. The number of carbonyl (C=O) groups is 3. The minimum Gasteiger partial charge on any atom is -0.490 e. The summed E-state index contributed by atoms with van der Waals surface area (Å²) in [4.78, 5) is 34.0. The van der Waals surface area contributed by atoms with E-state index >= 15 is 0 Å². The van der Waals surface area contributed by atoms with Gasteiger partial charge in [-0.1, -0.05) is 0 Å². The first kappa shape index (κ1) is 19.1. The van der Waals surface area contributed by atoms with Crippen molar-refractivity contribution in [1.82, 2.24) is 5.32 Å². The number of alkyl halides is 2. The summed E-state index contributed by atoms with van der Waals surface area (Å²) in [6, 6.07) is 2.33. The summed E-state index contributed by atoms with van der Waals surface area (Å²) in [6.07, 6.45) is -1.29. The molecule has 8 nitrogen and oxygen atoms in total. The lowest BCUT2D eigenvalue weighted by molar-refractivity contribution is -0.127. The van der Waals surface area contributed by atoms with E-state index in [0.29, 0.717) is 0 Å². The summed E-state index contributed by atoms with van der Waals surface area (Å²) in [5.74, 6) is -2.16. The minimum absolute atomic E-state index is 0.0567. The molecule has 1 aromatic rings. The van der Waals surface area contributed by atoms with Gasteiger partial charge in [-0.3, -0.25) is 10.1 Å². The van der Waals surface area contributed by atoms with Gasteiger partial charge in [0.2, 0.25) is 0 Å². The predicted octanol–water partition coefficient (Wildman–Crippen LogP) is 1.43. The van der Waals surface area contributed by atoms with Gasteiger partial charge in [-0.05, 0) is 32.0 Å². The third kappa shape index (κ3) is 5.71. The average Bonchev–Trinajstić information content (AvgIpc) is 2.47. The molecule has 0 unspecified atom stereocenters. The maximum atomic E-state index is 12.3. The Morgan fingerprint density at radius 2 is 1.92 bits per heavy atom. The molecule has 0 aliphatic carbocycles. The molecule has 0 aliphatic rings. The van der Waals surface area contributed by atoms with Crippen LogP contribution in [0.5, 0.6) is 11.5 Å². The van der Waals surface area contributed by atoms with Crippen LogP contribution in [0, 0.1) is 0 Å². The Kier molecular flexibility index (Phi) is 6.90. The number of carbonyl (C=O) groups excluding carboxylic acids is 3. The Balaban J connectivity index is 2.88. The molecule has 0 bridgehead atoms. The highest BCUT2D eigenvalue weighted by Gasteiger charge is 2.21. The van der Waals surface area contributed by atoms with Crippen molar-refractivity contribution in [2.24, 2.45) is 5.73 Å². The Morgan fingerprint density at radius 3 is 2.46 bits per heavy atom. The van der Waals surface area contributed by atoms with Crippen molar-refractivity contribution in [2.45, 2.75) is 26.6 Å². The molecule has 10 heteroatoms. The van der Waals surface area contributed by atoms with E-state index in [2.05, 4.69) is 4.74 Å². The molecule has 3 N–H and O–H groups in total. The highest BCUT2D eigenvalue weighted by atomic mass is 19.3. The molecule has 24 heavy (non-hydrogen) atoms. The van der Waals surface area contributed by atoms with Crippen molar-refractivity contribution in [1.29, 1.82) is 0 Å². The van der Waals surface area contributed by atoms with Gasteiger partial charge in [0.15, 0.2) is 17.6 Å². The Labute approximate surface area is 135 Å². The molecular weight excluding hydrogens is 330 g/mol. The number of halogens is 2. The zero-order valence-electron chi connectivity index (χ0n) is 12.9. The Morgan fingerprint density at radius 1 is 1.25 bits per heavy atom. The molecule has 1 rings (SSSR count). The van der Waals surface area contributed by atoms with Crippen molar-refractivity contribution < 1.29 is 37.4 Å². The number of rotatable bonds is 7. The smallest absolute Gasteiger partial charge is 0.387 e. The molecule has 1 atom stereocenters. The number of hydrogen-bond acceptors (Lipinski definition) is 6. The van der Waals surface area contributed by atoms with E-state index in [4.69, 9.17) is 15.2 Å². The van der Waals surface area contributed by atoms with Gasteiger partial charge in [0.05, 0.1) is 12.2 Å². The molecule has 0 spiro atoms. The second kappa shape index (κ2) is 8.65. The minimum atomic E-state index is -3.06. The largest absolute Gasteiger partial charge is 0.490 e. The highest BCUT2D eigenvalue weighted by Crippen LogP contribution is 2.30. The van der Waals surface area contributed by atoms with E-state index in [9.17, 15) is 23.2 Å². The van der Waals surface area contributed by atoms with Crippen LogP contribution in [-0.4, -0.2) is 37.2 Å². The molecule has 1 aromatic carbocycles. The van der Waals surface area contributed by atoms with Crippen LogP contribution >= 0.6 is 0 Å². The lowest BCUT2D eigenvalue weighted by atomic mass is 10.2. The van der Waals surface area contributed by atoms with E-state index in [1.165, 1.54) is 13.0 Å². The number of primary amides is 1. The topological polar surface area (TPSA) is 117 Å². The number of amides is 3. The van der Waals surface area contributed by atoms with Gasteiger partial charge in [-0.2, -0.15) is 8.78 Å². The first-order chi connectivity index (χ1) is 11.2. The summed E-state index contributed by atoms with van der Waals surface area (Å²) >= 11 is 0. The first-order valence-corrected chi connectivity index (χ1v) is 6.77. The first-order valence-electron chi connectivity index (χ1n) is 6.77. The molecule has 0 heterocycles. The number of urea groups is 1. The van der Waals surface area contributed by atoms with Crippen molar-refractivity contribution in [3.8, 4) is 11.5 Å². The average molecular weight is 346 g/mol. The fraction of sp³-hybridized carbons (Fsp3) is 0.357. The lowest BCUT2D eigenvalue weighted by Crippen LogP contribution is -2.42. The number of hydrogen-bond donors (Lipinski definition) is 2. The van der Waals surface area contributed by atoms with Gasteiger partial charge in [0, 0.05) is 0 Å². The molecule has 0 radical (unpaired) electrons. The maximum absolute atomic E-state index is 12.3. The van der Waals surface area contributed by atoms with Crippen LogP contribution < -0.4 is 20.5 Å². The second-order valence-electron chi connectivity index (χ2n) is 4.37. The summed E-state index contributed by atoms with van der Waals surface area (Å²) in [7, 11) is 0. The van der Waals surface area contributed by atoms with E-state index in [0.717, 1.165) is 12.1 Å². The van der Waals surface area contributed by atoms with Crippen LogP contribution in [0.25, 0.3) is 0 Å². The molecule has 0 saturated carbocycles. The number of esters is 1. The van der Waals surface area contributed by atoms with Crippen LogP contribution in [0.2, 0.25) is 0 Å².